The van der Waals surface area contributed by atoms with Crippen molar-refractivity contribution < 1.29 is 14.3 Å². The van der Waals surface area contributed by atoms with Crippen LogP contribution in [0.1, 0.15) is 38.7 Å². The summed E-state index contributed by atoms with van der Waals surface area (Å²) in [4.78, 5) is 27.9. The van der Waals surface area contributed by atoms with Gasteiger partial charge in [0.2, 0.25) is 0 Å². The molecule has 1 aliphatic heterocycles. The Morgan fingerprint density at radius 3 is 2.39 bits per heavy atom. The van der Waals surface area contributed by atoms with Crippen LogP contribution in [-0.2, 0) is 11.2 Å². The average molecular weight is 477 g/mol. The van der Waals surface area contributed by atoms with Gasteiger partial charge >= 0.3 is 0 Å². The third-order valence-corrected chi connectivity index (χ3v) is 6.41. The Labute approximate surface area is 211 Å². The molecule has 1 heterocycles. The summed E-state index contributed by atoms with van der Waals surface area (Å²) < 4.78 is 5.89. The van der Waals surface area contributed by atoms with E-state index in [4.69, 9.17) is 4.74 Å². The summed E-state index contributed by atoms with van der Waals surface area (Å²) in [5.74, 6) is 0.376. The lowest BCUT2D eigenvalue weighted by molar-refractivity contribution is -0.118. The van der Waals surface area contributed by atoms with E-state index in [1.165, 1.54) is 5.56 Å². The molecule has 0 radical (unpaired) electrons. The number of amides is 2. The molecule has 1 N–H and O–H groups in total. The van der Waals surface area contributed by atoms with Gasteiger partial charge in [0, 0.05) is 17.8 Å². The van der Waals surface area contributed by atoms with Crippen LogP contribution in [0.4, 0.5) is 5.69 Å². The predicted octanol–water partition coefficient (Wildman–Crippen LogP) is 5.80. The van der Waals surface area contributed by atoms with Crippen molar-refractivity contribution in [2.75, 3.05) is 18.5 Å². The minimum absolute atomic E-state index is 0.000966. The zero-order chi connectivity index (χ0) is 24.9. The van der Waals surface area contributed by atoms with E-state index >= 15 is 0 Å². The fourth-order valence-electron chi connectivity index (χ4n) is 4.71. The maximum atomic E-state index is 13.5. The van der Waals surface area contributed by atoms with Crippen molar-refractivity contribution in [3.8, 4) is 5.75 Å². The van der Waals surface area contributed by atoms with Gasteiger partial charge in [0.25, 0.3) is 11.8 Å². The van der Waals surface area contributed by atoms with Crippen LogP contribution in [0, 0.1) is 6.92 Å². The zero-order valence-corrected chi connectivity index (χ0v) is 20.2. The van der Waals surface area contributed by atoms with Gasteiger partial charge in [-0.3, -0.25) is 9.59 Å². The molecule has 180 valence electrons. The molecule has 0 saturated heterocycles. The molecule has 0 aromatic heterocycles. The highest BCUT2D eigenvalue weighted by Crippen LogP contribution is 2.38. The molecule has 0 saturated carbocycles. The van der Waals surface area contributed by atoms with E-state index in [9.17, 15) is 9.59 Å². The summed E-state index contributed by atoms with van der Waals surface area (Å²) in [6.45, 7) is 2.50. The van der Waals surface area contributed by atoms with E-state index in [1.807, 2.05) is 115 Å². The lowest BCUT2D eigenvalue weighted by atomic mass is 9.87. The topological polar surface area (TPSA) is 58.6 Å². The van der Waals surface area contributed by atoms with Crippen molar-refractivity contribution in [2.24, 2.45) is 0 Å². The number of fused-ring (bicyclic) bond motifs is 1. The zero-order valence-electron chi connectivity index (χ0n) is 20.2. The minimum atomic E-state index is -0.243. The molecule has 36 heavy (non-hydrogen) atoms. The molecule has 0 bridgehead atoms. The van der Waals surface area contributed by atoms with E-state index in [0.29, 0.717) is 17.9 Å². The summed E-state index contributed by atoms with van der Waals surface area (Å²) in [6.07, 6.45) is 0.755. The van der Waals surface area contributed by atoms with Crippen LogP contribution in [0.2, 0.25) is 0 Å². The highest BCUT2D eigenvalue weighted by Gasteiger charge is 2.32. The van der Waals surface area contributed by atoms with Gasteiger partial charge in [-0.05, 0) is 72.0 Å². The number of nitrogens with one attached hydrogen (secondary N) is 1. The Bertz CT molecular complexity index is 1370. The summed E-state index contributed by atoms with van der Waals surface area (Å²) in [5.41, 5.74) is 5.73. The predicted molar refractivity (Wildman–Crippen MR) is 141 cm³/mol. The molecule has 0 spiro atoms. The van der Waals surface area contributed by atoms with Gasteiger partial charge in [0.05, 0.1) is 6.04 Å². The van der Waals surface area contributed by atoms with Gasteiger partial charge in [-0.15, -0.1) is 0 Å². The normalized spacial score (nSPS) is 14.6. The van der Waals surface area contributed by atoms with Gasteiger partial charge < -0.3 is 15.0 Å². The Morgan fingerprint density at radius 2 is 1.64 bits per heavy atom. The molecule has 4 aromatic rings. The van der Waals surface area contributed by atoms with Gasteiger partial charge in [0.15, 0.2) is 6.61 Å². The Hall–Kier alpha value is -4.38. The largest absolute Gasteiger partial charge is 0.484 e. The average Bonchev–Trinajstić information content (AvgIpc) is 2.91. The molecule has 1 atom stereocenters. The number of carbonyl (C=O) groups excluding carboxylic acids is 2. The first-order chi connectivity index (χ1) is 17.6. The molecule has 2 amide bonds. The van der Waals surface area contributed by atoms with Gasteiger partial charge in [-0.25, -0.2) is 0 Å². The number of anilines is 1. The summed E-state index contributed by atoms with van der Waals surface area (Å²) in [5, 5.41) is 2.87. The maximum Gasteiger partial charge on any atom is 0.262 e. The number of nitrogens with zero attached hydrogens (tertiary/aromatic N) is 1. The third-order valence-electron chi connectivity index (χ3n) is 6.41. The third kappa shape index (κ3) is 5.15. The molecule has 0 fully saturated rings. The van der Waals surface area contributed by atoms with Gasteiger partial charge in [0.1, 0.15) is 5.75 Å². The first kappa shape index (κ1) is 23.4. The van der Waals surface area contributed by atoms with E-state index in [0.717, 1.165) is 28.8 Å². The van der Waals surface area contributed by atoms with Crippen LogP contribution >= 0.6 is 0 Å². The van der Waals surface area contributed by atoms with Crippen LogP contribution in [0.5, 0.6) is 5.75 Å². The number of hydrogen-bond donors (Lipinski definition) is 1. The van der Waals surface area contributed by atoms with Crippen molar-refractivity contribution in [1.29, 1.82) is 0 Å². The van der Waals surface area contributed by atoms with Crippen molar-refractivity contribution in [1.82, 2.24) is 4.90 Å². The molecular formula is C31H28N2O3. The van der Waals surface area contributed by atoms with E-state index in [-0.39, 0.29) is 24.5 Å². The molecule has 5 heteroatoms. The van der Waals surface area contributed by atoms with Crippen molar-refractivity contribution >= 4 is 17.5 Å². The van der Waals surface area contributed by atoms with E-state index in [2.05, 4.69) is 5.32 Å². The molecule has 5 nitrogen and oxygen atoms in total. The van der Waals surface area contributed by atoms with Crippen molar-refractivity contribution in [3.05, 3.63) is 131 Å². The first-order valence-corrected chi connectivity index (χ1v) is 12.1. The lowest BCUT2D eigenvalue weighted by Gasteiger charge is -2.38. The maximum absolute atomic E-state index is 13.5. The second kappa shape index (κ2) is 10.5. The Morgan fingerprint density at radius 1 is 0.889 bits per heavy atom. The monoisotopic (exact) mass is 476 g/mol. The smallest absolute Gasteiger partial charge is 0.262 e. The second-order valence-electron chi connectivity index (χ2n) is 8.99. The summed E-state index contributed by atoms with van der Waals surface area (Å²) in [6, 6.07) is 32.8. The quantitative estimate of drug-likeness (QED) is 0.383. The fourth-order valence-corrected chi connectivity index (χ4v) is 4.71. The van der Waals surface area contributed by atoms with Crippen molar-refractivity contribution in [3.63, 3.8) is 0 Å². The Balaban J connectivity index is 1.40. The molecule has 4 aromatic carbocycles. The summed E-state index contributed by atoms with van der Waals surface area (Å²) in [7, 11) is 0. The highest BCUT2D eigenvalue weighted by atomic mass is 16.5. The van der Waals surface area contributed by atoms with Crippen LogP contribution in [-0.4, -0.2) is 29.9 Å². The second-order valence-corrected chi connectivity index (χ2v) is 8.99. The molecule has 1 aliphatic rings. The van der Waals surface area contributed by atoms with Crippen LogP contribution in [0.3, 0.4) is 0 Å². The molecule has 0 aliphatic carbocycles. The van der Waals surface area contributed by atoms with E-state index < -0.39 is 0 Å². The van der Waals surface area contributed by atoms with Gasteiger partial charge in [-0.1, -0.05) is 66.7 Å². The molecule has 5 rings (SSSR count). The minimum Gasteiger partial charge on any atom is -0.484 e. The number of ether oxygens (including phenoxy) is 1. The number of benzene rings is 4. The standard InChI is InChI=1S/C31H28N2O3/c1-22-9-8-14-26(19-22)32-29(34)21-36-27-16-15-23-17-18-33(31(35)25-12-6-3-7-13-25)30(28(23)20-27)24-10-4-2-5-11-24/h2-16,19-20,30H,17-18,21H2,1H3,(H,32,34)/t30-/m1/s1. The number of hydrogen-bond acceptors (Lipinski definition) is 3. The van der Waals surface area contributed by atoms with Crippen LogP contribution in [0.15, 0.2) is 103 Å². The van der Waals surface area contributed by atoms with Gasteiger partial charge in [-0.2, -0.15) is 0 Å². The number of aryl methyl sites for hydroxylation is 1. The first-order valence-electron chi connectivity index (χ1n) is 12.1. The molecular weight excluding hydrogens is 448 g/mol. The van der Waals surface area contributed by atoms with Crippen LogP contribution < -0.4 is 10.1 Å². The highest BCUT2D eigenvalue weighted by molar-refractivity contribution is 5.95. The molecule has 0 unspecified atom stereocenters. The fraction of sp³-hybridized carbons (Fsp3) is 0.161. The SMILES string of the molecule is Cc1cccc(NC(=O)COc2ccc3c(c2)[C@@H](c2ccccc2)N(C(=O)c2ccccc2)CC3)c1. The van der Waals surface area contributed by atoms with Crippen molar-refractivity contribution in [2.45, 2.75) is 19.4 Å². The number of carbonyl (C=O) groups is 2. The van der Waals surface area contributed by atoms with Crippen LogP contribution in [0.25, 0.3) is 0 Å². The Kier molecular flexibility index (Phi) is 6.80. The summed E-state index contributed by atoms with van der Waals surface area (Å²) >= 11 is 0. The van der Waals surface area contributed by atoms with E-state index in [1.54, 1.807) is 0 Å². The lowest BCUT2D eigenvalue weighted by Crippen LogP contribution is -2.40. The number of rotatable bonds is 6.